The maximum absolute atomic E-state index is 11.2. The molecule has 9 heteroatoms. The summed E-state index contributed by atoms with van der Waals surface area (Å²) in [7, 11) is 0. The summed E-state index contributed by atoms with van der Waals surface area (Å²) in [5.41, 5.74) is 0. The molecule has 6 N–H and O–H groups in total. The molecule has 21 heavy (non-hydrogen) atoms. The molecule has 0 radical (unpaired) electrons. The SMILES string of the molecule is CC(=O)N[C@@H]1[C@H](O[C@H](CO)[C@H](C)O)O[C@H](CO)[C@@H](O)[C@@H]1O. The van der Waals surface area contributed by atoms with Crippen LogP contribution in [0.1, 0.15) is 13.8 Å². The minimum atomic E-state index is -1.43. The second-order valence-corrected chi connectivity index (χ2v) is 5.03. The lowest BCUT2D eigenvalue weighted by Crippen LogP contribution is -2.65. The normalized spacial score (nSPS) is 36.0. The van der Waals surface area contributed by atoms with Crippen molar-refractivity contribution in [2.75, 3.05) is 13.2 Å². The van der Waals surface area contributed by atoms with E-state index in [0.717, 1.165) is 0 Å². The molecule has 0 spiro atoms. The van der Waals surface area contributed by atoms with Gasteiger partial charge in [0.05, 0.1) is 19.3 Å². The van der Waals surface area contributed by atoms with E-state index in [9.17, 15) is 20.1 Å². The first-order valence-electron chi connectivity index (χ1n) is 6.65. The Hall–Kier alpha value is -0.810. The summed E-state index contributed by atoms with van der Waals surface area (Å²) in [6, 6.07) is -1.10. The standard InChI is InChI=1S/C12H23NO8/c1-5(16)7(3-14)20-12-9(13-6(2)17)11(19)10(18)8(4-15)21-12/h5,7-12,14-16,18-19H,3-4H2,1-2H3,(H,13,17)/t5-,7+,8+,9-,10+,11+,12+/m0/s1. The first-order valence-corrected chi connectivity index (χ1v) is 6.65. The van der Waals surface area contributed by atoms with E-state index in [1.807, 2.05) is 0 Å². The monoisotopic (exact) mass is 309 g/mol. The number of nitrogens with one attached hydrogen (secondary N) is 1. The van der Waals surface area contributed by atoms with Gasteiger partial charge in [0.2, 0.25) is 5.91 Å². The summed E-state index contributed by atoms with van der Waals surface area (Å²) in [5.74, 6) is -0.483. The Balaban J connectivity index is 2.89. The van der Waals surface area contributed by atoms with Crippen molar-refractivity contribution in [1.29, 1.82) is 0 Å². The molecule has 1 fully saturated rings. The quantitative estimate of drug-likeness (QED) is 0.299. The lowest BCUT2D eigenvalue weighted by Gasteiger charge is -2.43. The molecular formula is C12H23NO8. The summed E-state index contributed by atoms with van der Waals surface area (Å²) in [5, 5.41) is 49.9. The third-order valence-corrected chi connectivity index (χ3v) is 3.28. The highest BCUT2D eigenvalue weighted by Crippen LogP contribution is 2.23. The Morgan fingerprint density at radius 2 is 1.95 bits per heavy atom. The van der Waals surface area contributed by atoms with Gasteiger partial charge in [0.1, 0.15) is 30.5 Å². The number of amides is 1. The van der Waals surface area contributed by atoms with Crippen LogP contribution in [0.3, 0.4) is 0 Å². The van der Waals surface area contributed by atoms with Gasteiger partial charge >= 0.3 is 0 Å². The zero-order valence-electron chi connectivity index (χ0n) is 11.9. The van der Waals surface area contributed by atoms with Crippen LogP contribution in [0.25, 0.3) is 0 Å². The molecule has 0 aromatic heterocycles. The summed E-state index contributed by atoms with van der Waals surface area (Å²) >= 11 is 0. The van der Waals surface area contributed by atoms with Gasteiger partial charge in [-0.15, -0.1) is 0 Å². The molecule has 0 aromatic carbocycles. The predicted octanol–water partition coefficient (Wildman–Crippen LogP) is -3.31. The Morgan fingerprint density at radius 3 is 2.38 bits per heavy atom. The molecule has 1 aliphatic heterocycles. The van der Waals surface area contributed by atoms with E-state index in [1.165, 1.54) is 13.8 Å². The van der Waals surface area contributed by atoms with Gasteiger partial charge < -0.3 is 40.3 Å². The summed E-state index contributed by atoms with van der Waals surface area (Å²) in [6.45, 7) is 1.54. The highest BCUT2D eigenvalue weighted by molar-refractivity contribution is 5.73. The first-order chi connectivity index (χ1) is 9.81. The van der Waals surface area contributed by atoms with Crippen LogP contribution in [0.2, 0.25) is 0 Å². The molecule has 0 saturated carbocycles. The number of hydrogen-bond acceptors (Lipinski definition) is 8. The third-order valence-electron chi connectivity index (χ3n) is 3.28. The van der Waals surface area contributed by atoms with Crippen molar-refractivity contribution in [3.05, 3.63) is 0 Å². The van der Waals surface area contributed by atoms with Crippen molar-refractivity contribution in [1.82, 2.24) is 5.32 Å². The lowest BCUT2D eigenvalue weighted by atomic mass is 9.97. The molecule has 1 aliphatic rings. The van der Waals surface area contributed by atoms with Gasteiger partial charge in [-0.3, -0.25) is 4.79 Å². The van der Waals surface area contributed by atoms with E-state index < -0.39 is 62.0 Å². The Labute approximate surface area is 122 Å². The summed E-state index contributed by atoms with van der Waals surface area (Å²) in [4.78, 5) is 11.2. The van der Waals surface area contributed by atoms with E-state index in [2.05, 4.69) is 5.32 Å². The number of aliphatic hydroxyl groups is 5. The molecule has 0 unspecified atom stereocenters. The largest absolute Gasteiger partial charge is 0.394 e. The van der Waals surface area contributed by atoms with Gasteiger partial charge in [0.25, 0.3) is 0 Å². The maximum Gasteiger partial charge on any atom is 0.217 e. The smallest absolute Gasteiger partial charge is 0.217 e. The van der Waals surface area contributed by atoms with E-state index in [-0.39, 0.29) is 0 Å². The van der Waals surface area contributed by atoms with Gasteiger partial charge in [-0.2, -0.15) is 0 Å². The molecular weight excluding hydrogens is 286 g/mol. The van der Waals surface area contributed by atoms with Gasteiger partial charge in [-0.05, 0) is 6.92 Å². The van der Waals surface area contributed by atoms with Crippen molar-refractivity contribution >= 4 is 5.91 Å². The average Bonchev–Trinajstić information content (AvgIpc) is 2.42. The van der Waals surface area contributed by atoms with Crippen molar-refractivity contribution in [2.45, 2.75) is 56.7 Å². The third kappa shape index (κ3) is 4.58. The van der Waals surface area contributed by atoms with Crippen molar-refractivity contribution < 1.29 is 39.8 Å². The maximum atomic E-state index is 11.2. The van der Waals surface area contributed by atoms with E-state index >= 15 is 0 Å². The van der Waals surface area contributed by atoms with Crippen LogP contribution in [0.4, 0.5) is 0 Å². The molecule has 7 atom stereocenters. The summed E-state index contributed by atoms with van der Waals surface area (Å²) in [6.07, 6.45) is -7.22. The van der Waals surface area contributed by atoms with Crippen LogP contribution in [-0.2, 0) is 14.3 Å². The molecule has 124 valence electrons. The molecule has 0 aliphatic carbocycles. The zero-order chi connectivity index (χ0) is 16.2. The number of hydrogen-bond donors (Lipinski definition) is 6. The molecule has 1 rings (SSSR count). The second-order valence-electron chi connectivity index (χ2n) is 5.03. The zero-order valence-corrected chi connectivity index (χ0v) is 11.9. The molecule has 0 aromatic rings. The number of carbonyl (C=O) groups is 1. The van der Waals surface area contributed by atoms with Gasteiger partial charge in [-0.1, -0.05) is 0 Å². The number of aliphatic hydroxyl groups excluding tert-OH is 5. The Morgan fingerprint density at radius 1 is 1.33 bits per heavy atom. The summed E-state index contributed by atoms with van der Waals surface area (Å²) < 4.78 is 10.6. The molecule has 0 bridgehead atoms. The van der Waals surface area contributed by atoms with Gasteiger partial charge in [0.15, 0.2) is 6.29 Å². The highest BCUT2D eigenvalue weighted by Gasteiger charge is 2.46. The second kappa shape index (κ2) is 7.99. The van der Waals surface area contributed by atoms with Crippen LogP contribution in [0.15, 0.2) is 0 Å². The Kier molecular flexibility index (Phi) is 6.94. The van der Waals surface area contributed by atoms with Crippen LogP contribution in [-0.4, -0.2) is 87.5 Å². The minimum Gasteiger partial charge on any atom is -0.394 e. The lowest BCUT2D eigenvalue weighted by molar-refractivity contribution is -0.290. The van der Waals surface area contributed by atoms with Crippen molar-refractivity contribution in [3.8, 4) is 0 Å². The van der Waals surface area contributed by atoms with Crippen LogP contribution < -0.4 is 5.32 Å². The number of rotatable bonds is 6. The van der Waals surface area contributed by atoms with E-state index in [0.29, 0.717) is 0 Å². The average molecular weight is 309 g/mol. The molecule has 1 amide bonds. The van der Waals surface area contributed by atoms with Crippen LogP contribution in [0.5, 0.6) is 0 Å². The highest BCUT2D eigenvalue weighted by atomic mass is 16.7. The van der Waals surface area contributed by atoms with Crippen molar-refractivity contribution in [3.63, 3.8) is 0 Å². The van der Waals surface area contributed by atoms with Crippen LogP contribution >= 0.6 is 0 Å². The molecule has 1 saturated heterocycles. The first kappa shape index (κ1) is 18.2. The minimum absolute atomic E-state index is 0.483. The fourth-order valence-corrected chi connectivity index (χ4v) is 2.07. The fourth-order valence-electron chi connectivity index (χ4n) is 2.07. The van der Waals surface area contributed by atoms with E-state index in [1.54, 1.807) is 0 Å². The topological polar surface area (TPSA) is 149 Å². The van der Waals surface area contributed by atoms with E-state index in [4.69, 9.17) is 19.7 Å². The number of carbonyl (C=O) groups excluding carboxylic acids is 1. The van der Waals surface area contributed by atoms with Gasteiger partial charge in [-0.25, -0.2) is 0 Å². The molecule has 9 nitrogen and oxygen atoms in total. The number of ether oxygens (including phenoxy) is 2. The van der Waals surface area contributed by atoms with Crippen molar-refractivity contribution in [2.24, 2.45) is 0 Å². The van der Waals surface area contributed by atoms with Gasteiger partial charge in [0, 0.05) is 6.92 Å². The fraction of sp³-hybridized carbons (Fsp3) is 0.917. The van der Waals surface area contributed by atoms with Crippen LogP contribution in [0, 0.1) is 0 Å². The predicted molar refractivity (Wildman–Crippen MR) is 69.0 cm³/mol. The molecule has 1 heterocycles. The Bertz CT molecular complexity index is 339.